The minimum Gasteiger partial charge on any atom is -0.494 e. The lowest BCUT2D eigenvalue weighted by atomic mass is 9.85. The molecule has 1 aliphatic carbocycles. The second-order valence-corrected chi connectivity index (χ2v) is 5.55. The number of benzene rings is 1. The molecule has 1 aromatic carbocycles. The van der Waals surface area contributed by atoms with Crippen molar-refractivity contribution in [3.8, 4) is 5.75 Å². The number of amides is 2. The smallest absolute Gasteiger partial charge is 0.234 e. The van der Waals surface area contributed by atoms with E-state index in [-0.39, 0.29) is 30.3 Å². The van der Waals surface area contributed by atoms with E-state index in [1.807, 2.05) is 43.3 Å². The highest BCUT2D eigenvalue weighted by Crippen LogP contribution is 2.34. The number of ether oxygens (including phenoxy) is 1. The molecule has 0 bridgehead atoms. The van der Waals surface area contributed by atoms with Crippen LogP contribution in [0.5, 0.6) is 5.75 Å². The van der Waals surface area contributed by atoms with Crippen LogP contribution in [0.15, 0.2) is 36.4 Å². The summed E-state index contributed by atoms with van der Waals surface area (Å²) in [5, 5.41) is 3.13. The Balaban J connectivity index is 1.61. The summed E-state index contributed by atoms with van der Waals surface area (Å²) in [5.74, 6) is 0.355. The van der Waals surface area contributed by atoms with Gasteiger partial charge in [0.1, 0.15) is 5.75 Å². The van der Waals surface area contributed by atoms with Crippen molar-refractivity contribution < 1.29 is 14.3 Å². The summed E-state index contributed by atoms with van der Waals surface area (Å²) in [6.45, 7) is 2.78. The third-order valence-corrected chi connectivity index (χ3v) is 4.21. The van der Waals surface area contributed by atoms with Gasteiger partial charge in [0.05, 0.1) is 25.1 Å². The number of hydrogen-bond donors (Lipinski definition) is 1. The molecule has 1 N–H and O–H groups in total. The van der Waals surface area contributed by atoms with Crippen LogP contribution in [0.4, 0.5) is 5.69 Å². The molecule has 0 aromatic heterocycles. The van der Waals surface area contributed by atoms with Crippen molar-refractivity contribution in [3.05, 3.63) is 36.4 Å². The molecule has 1 aliphatic heterocycles. The molecular formula is C17H20N2O3. The van der Waals surface area contributed by atoms with Gasteiger partial charge in [0.25, 0.3) is 0 Å². The Morgan fingerprint density at radius 2 is 1.68 bits per heavy atom. The number of anilines is 1. The molecule has 0 radical (unpaired) electrons. The van der Waals surface area contributed by atoms with Gasteiger partial charge in [-0.05, 0) is 44.0 Å². The van der Waals surface area contributed by atoms with Crippen LogP contribution in [0.25, 0.3) is 0 Å². The maximum absolute atomic E-state index is 12.3. The molecule has 2 amide bonds. The maximum Gasteiger partial charge on any atom is 0.234 e. The topological polar surface area (TPSA) is 58.6 Å². The average Bonchev–Trinajstić information content (AvgIpc) is 2.79. The van der Waals surface area contributed by atoms with Crippen molar-refractivity contribution in [1.82, 2.24) is 4.90 Å². The van der Waals surface area contributed by atoms with Crippen molar-refractivity contribution in [2.24, 2.45) is 11.8 Å². The lowest BCUT2D eigenvalue weighted by Gasteiger charge is -2.16. The van der Waals surface area contributed by atoms with E-state index in [9.17, 15) is 9.59 Å². The molecular weight excluding hydrogens is 280 g/mol. The fourth-order valence-electron chi connectivity index (χ4n) is 3.03. The fraction of sp³-hybridized carbons (Fsp3) is 0.412. The molecule has 1 fully saturated rings. The first kappa shape index (κ1) is 14.6. The van der Waals surface area contributed by atoms with Crippen molar-refractivity contribution in [2.45, 2.75) is 19.8 Å². The monoisotopic (exact) mass is 300 g/mol. The van der Waals surface area contributed by atoms with Gasteiger partial charge in [0, 0.05) is 5.69 Å². The van der Waals surface area contributed by atoms with E-state index in [0.717, 1.165) is 11.4 Å². The number of allylic oxidation sites excluding steroid dienone is 2. The van der Waals surface area contributed by atoms with Crippen LogP contribution < -0.4 is 10.1 Å². The van der Waals surface area contributed by atoms with E-state index >= 15 is 0 Å². The highest BCUT2D eigenvalue weighted by molar-refractivity contribution is 6.05. The summed E-state index contributed by atoms with van der Waals surface area (Å²) < 4.78 is 5.38. The van der Waals surface area contributed by atoms with E-state index in [2.05, 4.69) is 5.32 Å². The second kappa shape index (κ2) is 6.22. The first-order chi connectivity index (χ1) is 10.7. The number of rotatable bonds is 5. The van der Waals surface area contributed by atoms with Crippen LogP contribution in [0.2, 0.25) is 0 Å². The van der Waals surface area contributed by atoms with Gasteiger partial charge in [0.2, 0.25) is 11.8 Å². The maximum atomic E-state index is 12.3. The molecule has 0 saturated carbocycles. The predicted octanol–water partition coefficient (Wildman–Crippen LogP) is 2.41. The molecule has 1 saturated heterocycles. The average molecular weight is 300 g/mol. The molecule has 22 heavy (non-hydrogen) atoms. The molecule has 116 valence electrons. The van der Waals surface area contributed by atoms with Gasteiger partial charge >= 0.3 is 0 Å². The van der Waals surface area contributed by atoms with E-state index in [1.165, 1.54) is 4.90 Å². The molecule has 5 nitrogen and oxygen atoms in total. The molecule has 2 atom stereocenters. The van der Waals surface area contributed by atoms with Gasteiger partial charge in [-0.15, -0.1) is 0 Å². The lowest BCUT2D eigenvalue weighted by Crippen LogP contribution is -2.35. The SMILES string of the molecule is CCOc1ccc(NCN2C(=O)C3CC=CCC3C2=O)cc1. The van der Waals surface area contributed by atoms with E-state index in [1.54, 1.807) is 0 Å². The van der Waals surface area contributed by atoms with Gasteiger partial charge in [-0.25, -0.2) is 0 Å². The summed E-state index contributed by atoms with van der Waals surface area (Å²) in [5.41, 5.74) is 0.858. The molecule has 2 unspecified atom stereocenters. The number of carbonyl (C=O) groups excluding carboxylic acids is 2. The number of likely N-dealkylation sites (tertiary alicyclic amines) is 1. The molecule has 3 rings (SSSR count). The molecule has 0 spiro atoms. The highest BCUT2D eigenvalue weighted by atomic mass is 16.5. The lowest BCUT2D eigenvalue weighted by molar-refractivity contribution is -0.139. The number of hydrogen-bond acceptors (Lipinski definition) is 4. The Hall–Kier alpha value is -2.30. The summed E-state index contributed by atoms with van der Waals surface area (Å²) in [4.78, 5) is 26.0. The van der Waals surface area contributed by atoms with Crippen molar-refractivity contribution in [3.63, 3.8) is 0 Å². The zero-order chi connectivity index (χ0) is 15.5. The van der Waals surface area contributed by atoms with E-state index in [4.69, 9.17) is 4.74 Å². The van der Waals surface area contributed by atoms with Gasteiger partial charge in [-0.3, -0.25) is 14.5 Å². The Bertz CT molecular complexity index is 568. The van der Waals surface area contributed by atoms with E-state index < -0.39 is 0 Å². The minimum atomic E-state index is -0.167. The number of carbonyl (C=O) groups is 2. The third-order valence-electron chi connectivity index (χ3n) is 4.21. The van der Waals surface area contributed by atoms with Gasteiger partial charge < -0.3 is 10.1 Å². The van der Waals surface area contributed by atoms with E-state index in [0.29, 0.717) is 19.4 Å². The summed E-state index contributed by atoms with van der Waals surface area (Å²) in [6, 6.07) is 7.49. The first-order valence-electron chi connectivity index (χ1n) is 7.67. The van der Waals surface area contributed by atoms with Gasteiger partial charge in [-0.2, -0.15) is 0 Å². The first-order valence-corrected chi connectivity index (χ1v) is 7.67. The largest absolute Gasteiger partial charge is 0.494 e. The molecule has 1 aromatic rings. The Morgan fingerprint density at radius 1 is 1.09 bits per heavy atom. The minimum absolute atomic E-state index is 0.0576. The van der Waals surface area contributed by atoms with Crippen LogP contribution in [-0.4, -0.2) is 30.0 Å². The molecule has 5 heteroatoms. The second-order valence-electron chi connectivity index (χ2n) is 5.55. The fourth-order valence-corrected chi connectivity index (χ4v) is 3.03. The van der Waals surface area contributed by atoms with Crippen LogP contribution in [0, 0.1) is 11.8 Å². The molecule has 2 aliphatic rings. The van der Waals surface area contributed by atoms with Gasteiger partial charge in [0.15, 0.2) is 0 Å². The van der Waals surface area contributed by atoms with Gasteiger partial charge in [-0.1, -0.05) is 12.2 Å². The number of fused-ring (bicyclic) bond motifs is 1. The number of imide groups is 1. The summed E-state index contributed by atoms with van der Waals surface area (Å²) in [7, 11) is 0. The molecule has 1 heterocycles. The van der Waals surface area contributed by atoms with Crippen molar-refractivity contribution >= 4 is 17.5 Å². The van der Waals surface area contributed by atoms with Crippen molar-refractivity contribution in [2.75, 3.05) is 18.6 Å². The predicted molar refractivity (Wildman–Crippen MR) is 83.3 cm³/mol. The quantitative estimate of drug-likeness (QED) is 0.670. The summed E-state index contributed by atoms with van der Waals surface area (Å²) in [6.07, 6.45) is 5.34. The van der Waals surface area contributed by atoms with Crippen LogP contribution in [0.1, 0.15) is 19.8 Å². The summed E-state index contributed by atoms with van der Waals surface area (Å²) >= 11 is 0. The Morgan fingerprint density at radius 3 is 2.23 bits per heavy atom. The third kappa shape index (κ3) is 2.71. The van der Waals surface area contributed by atoms with Crippen molar-refractivity contribution in [1.29, 1.82) is 0 Å². The normalized spacial score (nSPS) is 23.6. The highest BCUT2D eigenvalue weighted by Gasteiger charge is 2.46. The Labute approximate surface area is 129 Å². The number of nitrogens with one attached hydrogen (secondary N) is 1. The van der Waals surface area contributed by atoms with Crippen LogP contribution in [0.3, 0.4) is 0 Å². The van der Waals surface area contributed by atoms with Crippen LogP contribution in [-0.2, 0) is 9.59 Å². The zero-order valence-electron chi connectivity index (χ0n) is 12.6. The Kier molecular flexibility index (Phi) is 4.13. The zero-order valence-corrected chi connectivity index (χ0v) is 12.6. The standard InChI is InChI=1S/C17H20N2O3/c1-2-22-13-9-7-12(8-10-13)18-11-19-16(20)14-5-3-4-6-15(14)17(19)21/h3-4,7-10,14-15,18H,2,5-6,11H2,1H3. The van der Waals surface area contributed by atoms with Crippen LogP contribution >= 0.6 is 0 Å². The number of nitrogens with zero attached hydrogens (tertiary/aromatic N) is 1.